The number of carbonyl (C=O) groups excluding carboxylic acids is 2. The topological polar surface area (TPSA) is 99.2 Å². The lowest BCUT2D eigenvalue weighted by Crippen LogP contribution is -2.69. The van der Waals surface area contributed by atoms with Gasteiger partial charge in [0.05, 0.1) is 5.56 Å². The summed E-state index contributed by atoms with van der Waals surface area (Å²) in [4.78, 5) is 42.4. The predicted molar refractivity (Wildman–Crippen MR) is 152 cm³/mol. The average molecular weight is 546 g/mol. The third-order valence-electron chi connectivity index (χ3n) is 8.51. The maximum Gasteiger partial charge on any atom is 0.335 e. The zero-order valence-corrected chi connectivity index (χ0v) is 23.2. The van der Waals surface area contributed by atoms with Crippen molar-refractivity contribution in [2.45, 2.75) is 70.4 Å². The van der Waals surface area contributed by atoms with Gasteiger partial charge in [-0.3, -0.25) is 14.5 Å². The minimum Gasteiger partial charge on any atom is -0.478 e. The fourth-order valence-electron chi connectivity index (χ4n) is 6.24. The number of ether oxygens (including phenoxy) is 1. The molecule has 8 nitrogen and oxygen atoms in total. The van der Waals surface area contributed by atoms with E-state index in [0.717, 1.165) is 44.5 Å². The second kappa shape index (κ2) is 12.3. The average Bonchev–Trinajstić information content (AvgIpc) is 2.97. The molecular formula is C32H39N3O5. The van der Waals surface area contributed by atoms with Gasteiger partial charge >= 0.3 is 5.97 Å². The zero-order chi connectivity index (χ0) is 28.1. The fourth-order valence-corrected chi connectivity index (χ4v) is 6.24. The molecule has 2 aromatic rings. The van der Waals surface area contributed by atoms with E-state index in [0.29, 0.717) is 42.5 Å². The highest BCUT2D eigenvalue weighted by Gasteiger charge is 2.52. The molecule has 5 rings (SSSR count). The summed E-state index contributed by atoms with van der Waals surface area (Å²) in [5.74, 6) is 0.613. The molecule has 2 saturated heterocycles. The van der Waals surface area contributed by atoms with Crippen LogP contribution >= 0.6 is 0 Å². The van der Waals surface area contributed by atoms with Gasteiger partial charge in [0.25, 0.3) is 11.8 Å². The third kappa shape index (κ3) is 6.07. The molecule has 2 aliphatic heterocycles. The molecule has 2 aromatic carbocycles. The summed E-state index contributed by atoms with van der Waals surface area (Å²) >= 11 is 0. The van der Waals surface area contributed by atoms with Crippen molar-refractivity contribution in [1.82, 2.24) is 15.1 Å². The van der Waals surface area contributed by atoms with Gasteiger partial charge in [0.15, 0.2) is 0 Å². The van der Waals surface area contributed by atoms with Crippen molar-refractivity contribution < 1.29 is 24.2 Å². The smallest absolute Gasteiger partial charge is 0.335 e. The number of benzene rings is 2. The van der Waals surface area contributed by atoms with Crippen molar-refractivity contribution in [2.75, 3.05) is 19.6 Å². The standard InChI is InChI=1S/C32H39N3O5/c1-2-18-35-29(36)28(21-23-6-4-3-5-7-23)33-31(39)32(35)16-19-34(20-17-32)22-24-8-12-26(13-9-24)40-27-14-10-25(11-15-27)30(37)38/h8-15,21,23H,2-7,16-20,22H2,1H3,(H,33,39)(H,37,38)/b28-21-. The lowest BCUT2D eigenvalue weighted by molar-refractivity contribution is -0.154. The van der Waals surface area contributed by atoms with Gasteiger partial charge in [-0.25, -0.2) is 4.79 Å². The van der Waals surface area contributed by atoms with Crippen LogP contribution in [0.3, 0.4) is 0 Å². The molecule has 1 aliphatic carbocycles. The second-order valence-electron chi connectivity index (χ2n) is 11.3. The number of piperidine rings is 1. The Kier molecular flexibility index (Phi) is 8.54. The molecule has 2 heterocycles. The molecule has 40 heavy (non-hydrogen) atoms. The molecule has 8 heteroatoms. The van der Waals surface area contributed by atoms with E-state index in [1.165, 1.54) is 31.4 Å². The first-order chi connectivity index (χ1) is 19.4. The van der Waals surface area contributed by atoms with E-state index in [1.807, 2.05) is 35.2 Å². The Morgan fingerprint density at radius 2 is 1.62 bits per heavy atom. The molecule has 0 radical (unpaired) electrons. The van der Waals surface area contributed by atoms with Gasteiger partial charge in [-0.15, -0.1) is 0 Å². The van der Waals surface area contributed by atoms with E-state index in [2.05, 4.69) is 17.1 Å². The van der Waals surface area contributed by atoms with Crippen LogP contribution in [0.25, 0.3) is 0 Å². The summed E-state index contributed by atoms with van der Waals surface area (Å²) in [7, 11) is 0. The molecule has 3 aliphatic rings. The fraction of sp³-hybridized carbons (Fsp3) is 0.469. The minimum atomic E-state index is -0.968. The molecule has 1 spiro atoms. The van der Waals surface area contributed by atoms with Crippen LogP contribution in [-0.2, 0) is 16.1 Å². The van der Waals surface area contributed by atoms with Crippen LogP contribution in [0.1, 0.15) is 74.2 Å². The SMILES string of the molecule is CCCN1C(=O)/C(=C/C2CCCCC2)NC(=O)C12CCN(Cc1ccc(Oc3ccc(C(=O)O)cc3)cc1)CC2. The van der Waals surface area contributed by atoms with Crippen LogP contribution in [0.5, 0.6) is 11.5 Å². The first-order valence-electron chi connectivity index (χ1n) is 14.6. The van der Waals surface area contributed by atoms with Crippen LogP contribution in [0.15, 0.2) is 60.3 Å². The number of hydrogen-bond acceptors (Lipinski definition) is 5. The van der Waals surface area contributed by atoms with E-state index in [1.54, 1.807) is 12.1 Å². The Morgan fingerprint density at radius 3 is 2.23 bits per heavy atom. The molecule has 0 unspecified atom stereocenters. The van der Waals surface area contributed by atoms with Crippen molar-refractivity contribution in [3.63, 3.8) is 0 Å². The van der Waals surface area contributed by atoms with Crippen LogP contribution in [0.4, 0.5) is 0 Å². The second-order valence-corrected chi connectivity index (χ2v) is 11.3. The Labute approximate surface area is 236 Å². The van der Waals surface area contributed by atoms with Crippen LogP contribution in [0.2, 0.25) is 0 Å². The number of rotatable bonds is 8. The molecule has 212 valence electrons. The summed E-state index contributed by atoms with van der Waals surface area (Å²) < 4.78 is 5.85. The Balaban J connectivity index is 1.19. The number of nitrogens with one attached hydrogen (secondary N) is 1. The van der Waals surface area contributed by atoms with Gasteiger partial charge < -0.3 is 20.1 Å². The Bertz CT molecular complexity index is 1240. The maximum atomic E-state index is 13.6. The number of nitrogens with zero attached hydrogens (tertiary/aromatic N) is 2. The normalized spacial score (nSPS) is 21.0. The first-order valence-corrected chi connectivity index (χ1v) is 14.6. The minimum absolute atomic E-state index is 0.0198. The number of hydrogen-bond donors (Lipinski definition) is 2. The van der Waals surface area contributed by atoms with Gasteiger partial charge in [-0.1, -0.05) is 44.4 Å². The molecule has 0 atom stereocenters. The van der Waals surface area contributed by atoms with Crippen LogP contribution < -0.4 is 10.1 Å². The molecule has 0 bridgehead atoms. The maximum absolute atomic E-state index is 13.6. The van der Waals surface area contributed by atoms with Crippen molar-refractivity contribution >= 4 is 17.8 Å². The van der Waals surface area contributed by atoms with Crippen molar-refractivity contribution in [2.24, 2.45) is 5.92 Å². The van der Waals surface area contributed by atoms with Crippen LogP contribution in [-0.4, -0.2) is 57.9 Å². The van der Waals surface area contributed by atoms with E-state index < -0.39 is 11.5 Å². The number of aromatic carboxylic acids is 1. The monoisotopic (exact) mass is 545 g/mol. The quantitative estimate of drug-likeness (QED) is 0.434. The van der Waals surface area contributed by atoms with Crippen molar-refractivity contribution in [3.05, 3.63) is 71.4 Å². The number of piperazine rings is 1. The van der Waals surface area contributed by atoms with E-state index in [4.69, 9.17) is 9.84 Å². The highest BCUT2D eigenvalue weighted by atomic mass is 16.5. The molecule has 3 fully saturated rings. The molecule has 1 saturated carbocycles. The van der Waals surface area contributed by atoms with Gasteiger partial charge in [-0.05, 0) is 80.0 Å². The summed E-state index contributed by atoms with van der Waals surface area (Å²) in [5, 5.41) is 12.1. The van der Waals surface area contributed by atoms with Gasteiger partial charge in [0, 0.05) is 26.2 Å². The number of allylic oxidation sites excluding steroid dienone is 1. The molecule has 0 aromatic heterocycles. The Morgan fingerprint density at radius 1 is 1.00 bits per heavy atom. The van der Waals surface area contributed by atoms with Crippen molar-refractivity contribution in [1.29, 1.82) is 0 Å². The molecular weight excluding hydrogens is 506 g/mol. The van der Waals surface area contributed by atoms with Gasteiger partial charge in [-0.2, -0.15) is 0 Å². The summed E-state index contributed by atoms with van der Waals surface area (Å²) in [6.07, 6.45) is 9.90. The Hall–Kier alpha value is -3.65. The van der Waals surface area contributed by atoms with E-state index in [-0.39, 0.29) is 17.4 Å². The van der Waals surface area contributed by atoms with E-state index >= 15 is 0 Å². The highest BCUT2D eigenvalue weighted by Crippen LogP contribution is 2.35. The number of carbonyl (C=O) groups is 3. The molecule has 2 N–H and O–H groups in total. The van der Waals surface area contributed by atoms with Gasteiger partial charge in [0.1, 0.15) is 22.7 Å². The highest BCUT2D eigenvalue weighted by molar-refractivity contribution is 6.06. The number of amides is 2. The van der Waals surface area contributed by atoms with Crippen molar-refractivity contribution in [3.8, 4) is 11.5 Å². The van der Waals surface area contributed by atoms with Gasteiger partial charge in [0.2, 0.25) is 0 Å². The summed E-state index contributed by atoms with van der Waals surface area (Å²) in [5.41, 5.74) is 1.06. The largest absolute Gasteiger partial charge is 0.478 e. The number of carboxylic acid groups (broad SMARTS) is 1. The zero-order valence-electron chi connectivity index (χ0n) is 23.2. The van der Waals surface area contributed by atoms with Crippen LogP contribution in [0, 0.1) is 5.92 Å². The lowest BCUT2D eigenvalue weighted by atomic mass is 9.81. The number of likely N-dealkylation sites (tertiary alicyclic amines) is 1. The summed E-state index contributed by atoms with van der Waals surface area (Å²) in [6, 6.07) is 14.2. The third-order valence-corrected chi connectivity index (χ3v) is 8.51. The predicted octanol–water partition coefficient (Wildman–Crippen LogP) is 5.34. The number of carboxylic acids is 1. The first kappa shape index (κ1) is 27.9. The van der Waals surface area contributed by atoms with E-state index in [9.17, 15) is 14.4 Å². The molecule has 2 amide bonds. The lowest BCUT2D eigenvalue weighted by Gasteiger charge is -2.50. The summed E-state index contributed by atoms with van der Waals surface area (Å²) in [6.45, 7) is 4.87.